The standard InChI is InChI=1S/C37H42F3N3O7S/c1-2-7-29-36(50-25-11-21-51-23-25,12-6-18-43(29)32(46)31-27(37(38,39)40)9-5-17-41-31)33(47)42-19-15-35(48,16-20-42)26-8-3-4-10-28(26)49-24-34(13-14-34)22-30(44)45/h3-5,8-11,17,21,23,29,48H,2,6-7,12-16,18-20,22,24H2,1H3,(H,44,45)/t29-,36+/m1/s1. The van der Waals surface area contributed by atoms with Gasteiger partial charge in [-0.15, -0.1) is 11.3 Å². The summed E-state index contributed by atoms with van der Waals surface area (Å²) in [6, 6.07) is 9.90. The number of rotatable bonds is 12. The Hall–Kier alpha value is -4.17. The van der Waals surface area contributed by atoms with Crippen molar-refractivity contribution in [3.63, 3.8) is 0 Å². The lowest BCUT2D eigenvalue weighted by molar-refractivity contribution is -0.163. The number of hydrogen-bond acceptors (Lipinski definition) is 8. The van der Waals surface area contributed by atoms with Gasteiger partial charge in [0.25, 0.3) is 11.8 Å². The molecule has 1 aliphatic carbocycles. The minimum Gasteiger partial charge on any atom is -0.493 e. The number of halogens is 3. The van der Waals surface area contributed by atoms with E-state index in [0.29, 0.717) is 36.3 Å². The van der Waals surface area contributed by atoms with E-state index < -0.39 is 57.9 Å². The normalized spacial score (nSPS) is 22.6. The first-order chi connectivity index (χ1) is 24.3. The molecule has 51 heavy (non-hydrogen) atoms. The van der Waals surface area contributed by atoms with E-state index in [1.165, 1.54) is 16.2 Å². The zero-order valence-corrected chi connectivity index (χ0v) is 29.2. The van der Waals surface area contributed by atoms with Crippen LogP contribution in [0.15, 0.2) is 59.4 Å². The van der Waals surface area contributed by atoms with Gasteiger partial charge in [0, 0.05) is 48.6 Å². The van der Waals surface area contributed by atoms with Gasteiger partial charge in [-0.3, -0.25) is 19.4 Å². The van der Waals surface area contributed by atoms with Gasteiger partial charge in [-0.05, 0) is 68.2 Å². The third kappa shape index (κ3) is 7.57. The molecule has 1 aromatic carbocycles. The first kappa shape index (κ1) is 36.6. The Balaban J connectivity index is 1.26. The van der Waals surface area contributed by atoms with Crippen molar-refractivity contribution in [2.45, 2.75) is 88.1 Å². The van der Waals surface area contributed by atoms with Crippen LogP contribution in [0, 0.1) is 5.41 Å². The minimum atomic E-state index is -4.80. The van der Waals surface area contributed by atoms with Crippen molar-refractivity contribution in [1.29, 1.82) is 0 Å². The second kappa shape index (κ2) is 14.5. The average Bonchev–Trinajstić information content (AvgIpc) is 3.67. The molecule has 1 saturated carbocycles. The monoisotopic (exact) mass is 729 g/mol. The molecule has 14 heteroatoms. The number of likely N-dealkylation sites (tertiary alicyclic amines) is 2. The fourth-order valence-electron chi connectivity index (χ4n) is 7.56. The van der Waals surface area contributed by atoms with Crippen LogP contribution in [0.3, 0.4) is 0 Å². The summed E-state index contributed by atoms with van der Waals surface area (Å²) in [5, 5.41) is 24.8. The van der Waals surface area contributed by atoms with Gasteiger partial charge in [0.05, 0.1) is 30.2 Å². The molecular weight excluding hydrogens is 687 g/mol. The number of carbonyl (C=O) groups is 3. The number of carboxylic acids is 1. The molecule has 2 atom stereocenters. The third-order valence-electron chi connectivity index (χ3n) is 10.4. The number of piperidine rings is 2. The van der Waals surface area contributed by atoms with Crippen molar-refractivity contribution >= 4 is 29.1 Å². The molecular formula is C37H42F3N3O7S. The number of carbonyl (C=O) groups excluding carboxylic acids is 2. The lowest BCUT2D eigenvalue weighted by Gasteiger charge is -2.51. The largest absolute Gasteiger partial charge is 0.493 e. The Kier molecular flexibility index (Phi) is 10.4. The highest BCUT2D eigenvalue weighted by atomic mass is 32.1. The molecule has 0 unspecified atom stereocenters. The maximum Gasteiger partial charge on any atom is 0.418 e. The van der Waals surface area contributed by atoms with E-state index in [0.717, 1.165) is 31.2 Å². The molecule has 2 N–H and O–H groups in total. The van der Waals surface area contributed by atoms with Crippen molar-refractivity contribution in [1.82, 2.24) is 14.8 Å². The molecule has 3 aromatic rings. The number of para-hydroxylation sites is 1. The fourth-order valence-corrected chi connectivity index (χ4v) is 8.11. The number of benzene rings is 1. The van der Waals surface area contributed by atoms with E-state index in [4.69, 9.17) is 9.47 Å². The van der Waals surface area contributed by atoms with Crippen LogP contribution >= 0.6 is 11.3 Å². The molecule has 2 amide bonds. The topological polar surface area (TPSA) is 130 Å². The summed E-state index contributed by atoms with van der Waals surface area (Å²) in [5.74, 6) is -1.29. The number of aliphatic hydroxyl groups is 1. The molecule has 0 bridgehead atoms. The summed E-state index contributed by atoms with van der Waals surface area (Å²) in [4.78, 5) is 47.0. The Bertz CT molecular complexity index is 1720. The number of alkyl halides is 3. The van der Waals surface area contributed by atoms with Crippen LogP contribution in [0.2, 0.25) is 0 Å². The van der Waals surface area contributed by atoms with Crippen molar-refractivity contribution < 1.29 is 47.2 Å². The van der Waals surface area contributed by atoms with Crippen LogP contribution in [0.4, 0.5) is 13.2 Å². The molecule has 4 heterocycles. The van der Waals surface area contributed by atoms with E-state index in [1.54, 1.807) is 46.0 Å². The van der Waals surface area contributed by atoms with E-state index in [2.05, 4.69) is 4.98 Å². The fraction of sp³-hybridized carbons (Fsp3) is 0.514. The maximum absolute atomic E-state index is 14.9. The summed E-state index contributed by atoms with van der Waals surface area (Å²) in [7, 11) is 0. The predicted molar refractivity (Wildman–Crippen MR) is 181 cm³/mol. The third-order valence-corrected chi connectivity index (χ3v) is 11.1. The second-order valence-corrected chi connectivity index (χ2v) is 14.7. The summed E-state index contributed by atoms with van der Waals surface area (Å²) in [6.07, 6.45) is -0.439. The molecule has 0 radical (unpaired) electrons. The molecule has 3 aliphatic rings. The molecule has 3 fully saturated rings. The Morgan fingerprint density at radius 1 is 1.02 bits per heavy atom. The van der Waals surface area contributed by atoms with Gasteiger partial charge in [0.1, 0.15) is 17.2 Å². The molecule has 2 aromatic heterocycles. The van der Waals surface area contributed by atoms with Crippen LogP contribution in [0.1, 0.15) is 86.3 Å². The zero-order chi connectivity index (χ0) is 36.4. The van der Waals surface area contributed by atoms with Gasteiger partial charge >= 0.3 is 12.1 Å². The first-order valence-corrected chi connectivity index (χ1v) is 18.3. The van der Waals surface area contributed by atoms with Gasteiger partial charge < -0.3 is 29.5 Å². The smallest absolute Gasteiger partial charge is 0.418 e. The van der Waals surface area contributed by atoms with Gasteiger partial charge in [-0.2, -0.15) is 13.2 Å². The predicted octanol–water partition coefficient (Wildman–Crippen LogP) is 6.53. The first-order valence-electron chi connectivity index (χ1n) is 17.3. The molecule has 6 rings (SSSR count). The number of aromatic nitrogens is 1. The number of nitrogens with zero attached hydrogens (tertiary/aromatic N) is 3. The number of aliphatic carboxylic acids is 1. The van der Waals surface area contributed by atoms with Gasteiger partial charge in [-0.1, -0.05) is 31.5 Å². The summed E-state index contributed by atoms with van der Waals surface area (Å²) in [5.41, 5.74) is -4.66. The van der Waals surface area contributed by atoms with Crippen molar-refractivity contribution in [2.75, 3.05) is 26.2 Å². The van der Waals surface area contributed by atoms with E-state index in [-0.39, 0.29) is 51.9 Å². The van der Waals surface area contributed by atoms with Gasteiger partial charge in [0.2, 0.25) is 5.60 Å². The van der Waals surface area contributed by atoms with Crippen molar-refractivity contribution in [2.24, 2.45) is 5.41 Å². The number of amides is 2. The second-order valence-electron chi connectivity index (χ2n) is 13.9. The number of carboxylic acid groups (broad SMARTS) is 1. The lowest BCUT2D eigenvalue weighted by Crippen LogP contribution is -2.68. The van der Waals surface area contributed by atoms with Gasteiger partial charge in [-0.25, -0.2) is 0 Å². The van der Waals surface area contributed by atoms with Crippen molar-refractivity contribution in [3.05, 3.63) is 76.2 Å². The van der Waals surface area contributed by atoms with Crippen LogP contribution in [0.25, 0.3) is 0 Å². The van der Waals surface area contributed by atoms with E-state index in [1.807, 2.05) is 6.92 Å². The quantitative estimate of drug-likeness (QED) is 0.216. The molecule has 10 nitrogen and oxygen atoms in total. The van der Waals surface area contributed by atoms with Crippen molar-refractivity contribution in [3.8, 4) is 11.5 Å². The number of ether oxygens (including phenoxy) is 2. The highest BCUT2D eigenvalue weighted by molar-refractivity contribution is 7.08. The Morgan fingerprint density at radius 3 is 2.41 bits per heavy atom. The van der Waals surface area contributed by atoms with Crippen LogP contribution in [0.5, 0.6) is 11.5 Å². The van der Waals surface area contributed by atoms with Crippen LogP contribution in [-0.2, 0) is 21.4 Å². The summed E-state index contributed by atoms with van der Waals surface area (Å²) in [6.45, 7) is 2.52. The zero-order valence-electron chi connectivity index (χ0n) is 28.4. The van der Waals surface area contributed by atoms with E-state index >= 15 is 0 Å². The number of hydrogen-bond donors (Lipinski definition) is 2. The Morgan fingerprint density at radius 2 is 1.76 bits per heavy atom. The number of pyridine rings is 1. The highest BCUT2D eigenvalue weighted by Crippen LogP contribution is 2.50. The Labute approximate surface area is 298 Å². The minimum absolute atomic E-state index is 0.0130. The van der Waals surface area contributed by atoms with E-state index in [9.17, 15) is 37.8 Å². The number of thiophene rings is 1. The lowest BCUT2D eigenvalue weighted by atomic mass is 9.78. The maximum atomic E-state index is 14.9. The molecule has 2 saturated heterocycles. The average molecular weight is 730 g/mol. The highest BCUT2D eigenvalue weighted by Gasteiger charge is 2.56. The molecule has 0 spiro atoms. The molecule has 2 aliphatic heterocycles. The van der Waals surface area contributed by atoms with Crippen LogP contribution < -0.4 is 9.47 Å². The molecule has 274 valence electrons. The SMILES string of the molecule is CCC[C@H]1N(C(=O)c2ncccc2C(F)(F)F)CCC[C@@]1(Oc1ccsc1)C(=O)N1CCC(O)(c2ccccc2OCC2(CC(=O)O)CC2)CC1. The summed E-state index contributed by atoms with van der Waals surface area (Å²) < 4.78 is 54.7. The van der Waals surface area contributed by atoms with Crippen LogP contribution in [-0.4, -0.2) is 80.7 Å². The summed E-state index contributed by atoms with van der Waals surface area (Å²) >= 11 is 1.37. The van der Waals surface area contributed by atoms with Gasteiger partial charge in [0.15, 0.2) is 0 Å².